The van der Waals surface area contributed by atoms with Gasteiger partial charge in [-0.25, -0.2) is 0 Å². The molecule has 0 bridgehead atoms. The molecule has 0 aliphatic rings. The Bertz CT molecular complexity index is 672. The number of nitrogens with zero attached hydrogens (tertiary/aromatic N) is 3. The van der Waals surface area contributed by atoms with Crippen molar-refractivity contribution in [2.24, 2.45) is 0 Å². The summed E-state index contributed by atoms with van der Waals surface area (Å²) in [6, 6.07) is 10.0. The Balaban J connectivity index is 1.98. The van der Waals surface area contributed by atoms with Crippen molar-refractivity contribution in [3.63, 3.8) is 0 Å². The van der Waals surface area contributed by atoms with Gasteiger partial charge in [-0.05, 0) is 12.5 Å². The quantitative estimate of drug-likeness (QED) is 0.611. The van der Waals surface area contributed by atoms with Gasteiger partial charge in [0.15, 0.2) is 5.16 Å². The van der Waals surface area contributed by atoms with E-state index in [1.54, 1.807) is 0 Å². The summed E-state index contributed by atoms with van der Waals surface area (Å²) in [7, 11) is 0. The topological polar surface area (TPSA) is 88.9 Å². The molecule has 0 aliphatic heterocycles. The molecule has 0 saturated heterocycles. The van der Waals surface area contributed by atoms with E-state index in [9.17, 15) is 9.59 Å². The first-order chi connectivity index (χ1) is 11.1. The molecule has 23 heavy (non-hydrogen) atoms. The smallest absolute Gasteiger partial charge is 0.248 e. The van der Waals surface area contributed by atoms with E-state index < -0.39 is 0 Å². The molecule has 1 heterocycles. The highest BCUT2D eigenvalue weighted by molar-refractivity contribution is 7.99. The van der Waals surface area contributed by atoms with E-state index in [1.165, 1.54) is 18.7 Å². The molecule has 7 nitrogen and oxygen atoms in total. The van der Waals surface area contributed by atoms with Crippen LogP contribution in [0.2, 0.25) is 0 Å². The van der Waals surface area contributed by atoms with Gasteiger partial charge in [0.2, 0.25) is 11.8 Å². The number of carbonyl (C=O) groups is 2. The molecule has 2 N–H and O–H groups in total. The highest BCUT2D eigenvalue weighted by Crippen LogP contribution is 2.18. The maximum Gasteiger partial charge on any atom is 0.248 e. The Morgan fingerprint density at radius 3 is 2.57 bits per heavy atom. The van der Waals surface area contributed by atoms with Gasteiger partial charge in [-0.2, -0.15) is 0 Å². The van der Waals surface area contributed by atoms with E-state index in [1.807, 2.05) is 41.8 Å². The molecular weight excluding hydrogens is 314 g/mol. The number of nitrogens with one attached hydrogen (secondary N) is 2. The fraction of sp³-hybridized carbons (Fsp3) is 0.333. The van der Waals surface area contributed by atoms with Gasteiger partial charge in [0, 0.05) is 19.9 Å². The molecule has 0 aliphatic carbocycles. The van der Waals surface area contributed by atoms with E-state index in [0.717, 1.165) is 17.9 Å². The number of hydrogen-bond donors (Lipinski definition) is 2. The summed E-state index contributed by atoms with van der Waals surface area (Å²) in [6.07, 6.45) is 0.695. The van der Waals surface area contributed by atoms with Crippen LogP contribution in [-0.4, -0.2) is 32.3 Å². The minimum Gasteiger partial charge on any atom is -0.306 e. The minimum absolute atomic E-state index is 0.156. The first kappa shape index (κ1) is 17.0. The van der Waals surface area contributed by atoms with Gasteiger partial charge >= 0.3 is 0 Å². The van der Waals surface area contributed by atoms with Crippen LogP contribution in [0.3, 0.4) is 0 Å². The van der Waals surface area contributed by atoms with Crippen LogP contribution in [0.4, 0.5) is 0 Å². The molecule has 0 fully saturated rings. The fourth-order valence-corrected chi connectivity index (χ4v) is 2.80. The SMILES string of the molecule is CCn1c(Cc2ccccc2)nnc1SCC(=O)NNC(C)=O. The minimum atomic E-state index is -0.315. The van der Waals surface area contributed by atoms with Gasteiger partial charge in [0.05, 0.1) is 5.75 Å². The third kappa shape index (κ3) is 5.10. The number of hydrogen-bond acceptors (Lipinski definition) is 5. The molecule has 0 unspecified atom stereocenters. The fourth-order valence-electron chi connectivity index (χ4n) is 1.98. The normalized spacial score (nSPS) is 10.3. The largest absolute Gasteiger partial charge is 0.306 e. The number of thioether (sulfide) groups is 1. The third-order valence-corrected chi connectivity index (χ3v) is 3.99. The van der Waals surface area contributed by atoms with Crippen LogP contribution in [0.25, 0.3) is 0 Å². The first-order valence-electron chi connectivity index (χ1n) is 7.24. The first-order valence-corrected chi connectivity index (χ1v) is 8.23. The van der Waals surface area contributed by atoms with Crippen molar-refractivity contribution < 1.29 is 9.59 Å². The predicted octanol–water partition coefficient (Wildman–Crippen LogP) is 1.15. The summed E-state index contributed by atoms with van der Waals surface area (Å²) < 4.78 is 1.99. The Morgan fingerprint density at radius 1 is 1.17 bits per heavy atom. The number of rotatable bonds is 6. The molecule has 0 saturated carbocycles. The van der Waals surface area contributed by atoms with Gasteiger partial charge in [0.25, 0.3) is 0 Å². The van der Waals surface area contributed by atoms with Crippen LogP contribution < -0.4 is 10.9 Å². The zero-order valence-corrected chi connectivity index (χ0v) is 13.9. The van der Waals surface area contributed by atoms with Crippen LogP contribution in [0.1, 0.15) is 25.2 Å². The standard InChI is InChI=1S/C15H19N5O2S/c1-3-20-13(9-12-7-5-4-6-8-12)17-19-15(20)23-10-14(22)18-16-11(2)21/h4-8H,3,9-10H2,1-2H3,(H,16,21)(H,18,22). The third-order valence-electron chi connectivity index (χ3n) is 3.03. The van der Waals surface area contributed by atoms with Gasteiger partial charge in [-0.3, -0.25) is 20.4 Å². The van der Waals surface area contributed by atoms with Gasteiger partial charge in [-0.15, -0.1) is 10.2 Å². The van der Waals surface area contributed by atoms with E-state index >= 15 is 0 Å². The molecule has 2 aromatic rings. The zero-order chi connectivity index (χ0) is 16.7. The molecule has 122 valence electrons. The average Bonchev–Trinajstić information content (AvgIpc) is 2.93. The maximum atomic E-state index is 11.6. The highest BCUT2D eigenvalue weighted by Gasteiger charge is 2.13. The van der Waals surface area contributed by atoms with Crippen LogP contribution in [-0.2, 0) is 22.6 Å². The molecule has 2 rings (SSSR count). The van der Waals surface area contributed by atoms with Crippen LogP contribution in [0, 0.1) is 0 Å². The summed E-state index contributed by atoms with van der Waals surface area (Å²) in [5.74, 6) is 0.415. The van der Waals surface area contributed by atoms with Crippen molar-refractivity contribution in [3.05, 3.63) is 41.7 Å². The lowest BCUT2D eigenvalue weighted by Crippen LogP contribution is -2.41. The summed E-state index contributed by atoms with van der Waals surface area (Å²) >= 11 is 1.29. The van der Waals surface area contributed by atoms with Gasteiger partial charge < -0.3 is 4.57 Å². The van der Waals surface area contributed by atoms with Crippen LogP contribution in [0.5, 0.6) is 0 Å². The lowest BCUT2D eigenvalue weighted by atomic mass is 10.1. The van der Waals surface area contributed by atoms with Crippen LogP contribution in [0.15, 0.2) is 35.5 Å². The summed E-state index contributed by atoms with van der Waals surface area (Å²) in [4.78, 5) is 22.4. The number of hydrazine groups is 1. The number of benzene rings is 1. The zero-order valence-electron chi connectivity index (χ0n) is 13.1. The van der Waals surface area contributed by atoms with Crippen molar-refractivity contribution in [2.75, 3.05) is 5.75 Å². The Hall–Kier alpha value is -2.35. The van der Waals surface area contributed by atoms with Crippen molar-refractivity contribution >= 4 is 23.6 Å². The molecule has 1 aromatic heterocycles. The Kier molecular flexibility index (Phi) is 6.16. The van der Waals surface area contributed by atoms with E-state index in [4.69, 9.17) is 0 Å². The Morgan fingerprint density at radius 2 is 1.91 bits per heavy atom. The molecule has 2 amide bonds. The number of amides is 2. The van der Waals surface area contributed by atoms with Crippen molar-refractivity contribution in [1.29, 1.82) is 0 Å². The van der Waals surface area contributed by atoms with Crippen LogP contribution >= 0.6 is 11.8 Å². The van der Waals surface area contributed by atoms with E-state index in [2.05, 4.69) is 21.0 Å². The Labute approximate surface area is 138 Å². The van der Waals surface area contributed by atoms with Gasteiger partial charge in [0.1, 0.15) is 5.82 Å². The van der Waals surface area contributed by atoms with Gasteiger partial charge in [-0.1, -0.05) is 42.1 Å². The predicted molar refractivity (Wildman–Crippen MR) is 87.6 cm³/mol. The average molecular weight is 333 g/mol. The monoisotopic (exact) mass is 333 g/mol. The van der Waals surface area contributed by atoms with Crippen molar-refractivity contribution in [2.45, 2.75) is 32.0 Å². The van der Waals surface area contributed by atoms with Crippen molar-refractivity contribution in [1.82, 2.24) is 25.6 Å². The maximum absolute atomic E-state index is 11.6. The number of carbonyl (C=O) groups excluding carboxylic acids is 2. The molecule has 0 radical (unpaired) electrons. The molecule has 1 aromatic carbocycles. The van der Waals surface area contributed by atoms with Crippen molar-refractivity contribution in [3.8, 4) is 0 Å². The molecule has 0 atom stereocenters. The van der Waals surface area contributed by atoms with E-state index in [0.29, 0.717) is 11.6 Å². The second-order valence-corrected chi connectivity index (χ2v) is 5.77. The highest BCUT2D eigenvalue weighted by atomic mass is 32.2. The lowest BCUT2D eigenvalue weighted by molar-refractivity contribution is -0.126. The summed E-state index contributed by atoms with van der Waals surface area (Å²) in [5, 5.41) is 9.08. The van der Waals surface area contributed by atoms with E-state index in [-0.39, 0.29) is 17.6 Å². The summed E-state index contributed by atoms with van der Waals surface area (Å²) in [5.41, 5.74) is 5.73. The second-order valence-electron chi connectivity index (χ2n) is 4.82. The number of aromatic nitrogens is 3. The summed E-state index contributed by atoms with van der Waals surface area (Å²) in [6.45, 7) is 4.07. The molecular formula is C15H19N5O2S. The lowest BCUT2D eigenvalue weighted by Gasteiger charge is -2.08. The molecule has 8 heteroatoms. The second kappa shape index (κ2) is 8.33. The molecule has 0 spiro atoms.